The Kier molecular flexibility index (Phi) is 9.32. The molecule has 60 valence electrons. The van der Waals surface area contributed by atoms with Gasteiger partial charge in [0.05, 0.1) is 6.07 Å². The van der Waals surface area contributed by atoms with E-state index in [9.17, 15) is 4.79 Å². The van der Waals surface area contributed by atoms with Gasteiger partial charge in [0.2, 0.25) is 0 Å². The lowest BCUT2D eigenvalue weighted by Gasteiger charge is -1.79. The van der Waals surface area contributed by atoms with E-state index in [4.69, 9.17) is 10.4 Å². The van der Waals surface area contributed by atoms with Crippen LogP contribution in [0, 0.1) is 11.3 Å². The summed E-state index contributed by atoms with van der Waals surface area (Å²) in [7, 11) is 0. The van der Waals surface area contributed by atoms with Gasteiger partial charge >= 0.3 is 5.97 Å². The normalized spacial score (nSPS) is 6.27. The van der Waals surface area contributed by atoms with Crippen molar-refractivity contribution in [2.75, 3.05) is 0 Å². The second kappa shape index (κ2) is 8.44. The number of aliphatic carboxylic acids is 1. The Bertz CT molecular complexity index is 195. The molecule has 0 aromatic carbocycles. The van der Waals surface area contributed by atoms with Gasteiger partial charge in [0.25, 0.3) is 0 Å². The Balaban J connectivity index is 0. The molecule has 0 saturated heterocycles. The Hall–Kier alpha value is -1.56. The molecule has 0 atom stereocenters. The minimum absolute atomic E-state index is 0.813. The zero-order valence-electron chi connectivity index (χ0n) is 6.66. The lowest BCUT2D eigenvalue weighted by atomic mass is 10.3. The maximum absolute atomic E-state index is 9.73. The van der Waals surface area contributed by atoms with Gasteiger partial charge in [-0.2, -0.15) is 5.26 Å². The van der Waals surface area contributed by atoms with E-state index in [1.165, 1.54) is 12.2 Å². The first-order valence-corrected chi connectivity index (χ1v) is 2.93. The maximum Gasteiger partial charge on any atom is 0.328 e. The fourth-order valence-electron chi connectivity index (χ4n) is 0.247. The number of carboxylic acids is 1. The first kappa shape index (κ1) is 12.1. The molecule has 0 aromatic rings. The van der Waals surface area contributed by atoms with E-state index < -0.39 is 5.97 Å². The molecule has 0 aromatic heterocycles. The predicted octanol–water partition coefficient (Wildman–Crippen LogP) is 1.73. The van der Waals surface area contributed by atoms with Crippen molar-refractivity contribution in [3.8, 4) is 6.07 Å². The van der Waals surface area contributed by atoms with Crippen LogP contribution in [0.1, 0.15) is 13.8 Å². The molecule has 11 heavy (non-hydrogen) atoms. The molecular weight excluding hydrogens is 142 g/mol. The van der Waals surface area contributed by atoms with E-state index >= 15 is 0 Å². The Morgan fingerprint density at radius 3 is 2.00 bits per heavy atom. The minimum Gasteiger partial charge on any atom is -0.478 e. The molecule has 3 nitrogen and oxygen atoms in total. The number of hydrogen-bond donors (Lipinski definition) is 1. The SMILES string of the molecule is C=CC#N.CC(C)=CC(=O)O. The van der Waals surface area contributed by atoms with Crippen molar-refractivity contribution in [1.82, 2.24) is 0 Å². The fraction of sp³-hybridized carbons (Fsp3) is 0.250. The zero-order valence-corrected chi connectivity index (χ0v) is 6.66. The molecule has 0 rings (SSSR count). The second-order valence-electron chi connectivity index (χ2n) is 1.89. The maximum atomic E-state index is 9.73. The Morgan fingerprint density at radius 2 is 2.00 bits per heavy atom. The van der Waals surface area contributed by atoms with Crippen molar-refractivity contribution in [3.05, 3.63) is 24.3 Å². The molecule has 0 radical (unpaired) electrons. The number of allylic oxidation sites excluding steroid dienone is 2. The molecule has 0 fully saturated rings. The summed E-state index contributed by atoms with van der Waals surface area (Å²) < 4.78 is 0. The molecule has 0 bridgehead atoms. The molecule has 0 aliphatic carbocycles. The highest BCUT2D eigenvalue weighted by Crippen LogP contribution is 1.85. The molecule has 0 amide bonds. The third-order valence-corrected chi connectivity index (χ3v) is 0.503. The van der Waals surface area contributed by atoms with Crippen LogP contribution in [0.15, 0.2) is 24.3 Å². The molecule has 0 heterocycles. The van der Waals surface area contributed by atoms with Crippen LogP contribution in [0.5, 0.6) is 0 Å². The zero-order chi connectivity index (χ0) is 9.28. The summed E-state index contributed by atoms with van der Waals surface area (Å²) in [5.41, 5.74) is 0.813. The smallest absolute Gasteiger partial charge is 0.328 e. The van der Waals surface area contributed by atoms with Gasteiger partial charge in [-0.1, -0.05) is 12.2 Å². The van der Waals surface area contributed by atoms with Crippen molar-refractivity contribution in [3.63, 3.8) is 0 Å². The summed E-state index contributed by atoms with van der Waals surface area (Å²) in [5.74, 6) is -0.875. The van der Waals surface area contributed by atoms with Gasteiger partial charge in [-0.15, -0.1) is 0 Å². The summed E-state index contributed by atoms with van der Waals surface area (Å²) in [6.07, 6.45) is 2.35. The average Bonchev–Trinajstić information content (AvgIpc) is 1.85. The number of nitrogens with zero attached hydrogens (tertiary/aromatic N) is 1. The molecule has 0 unspecified atom stereocenters. The highest BCUT2D eigenvalue weighted by Gasteiger charge is 1.83. The molecular formula is C8H11NO2. The first-order chi connectivity index (χ1) is 5.04. The first-order valence-electron chi connectivity index (χ1n) is 2.93. The van der Waals surface area contributed by atoms with Crippen molar-refractivity contribution < 1.29 is 9.90 Å². The lowest BCUT2D eigenvalue weighted by molar-refractivity contribution is -0.131. The Morgan fingerprint density at radius 1 is 1.64 bits per heavy atom. The largest absolute Gasteiger partial charge is 0.478 e. The van der Waals surface area contributed by atoms with Crippen LogP contribution in [0.4, 0.5) is 0 Å². The van der Waals surface area contributed by atoms with Crippen molar-refractivity contribution in [2.24, 2.45) is 0 Å². The molecule has 0 spiro atoms. The topological polar surface area (TPSA) is 61.1 Å². The molecule has 0 saturated carbocycles. The van der Waals surface area contributed by atoms with E-state index in [1.807, 2.05) is 0 Å². The summed E-state index contributed by atoms with van der Waals surface area (Å²) in [4.78, 5) is 9.73. The van der Waals surface area contributed by atoms with Gasteiger partial charge in [-0.3, -0.25) is 0 Å². The number of carboxylic acid groups (broad SMARTS) is 1. The van der Waals surface area contributed by atoms with Crippen molar-refractivity contribution >= 4 is 5.97 Å². The summed E-state index contributed by atoms with van der Waals surface area (Å²) in [6.45, 7) is 6.61. The average molecular weight is 153 g/mol. The quantitative estimate of drug-likeness (QED) is 0.461. The van der Waals surface area contributed by atoms with Crippen LogP contribution in [-0.4, -0.2) is 11.1 Å². The lowest BCUT2D eigenvalue weighted by Crippen LogP contribution is -1.86. The number of hydrogen-bond acceptors (Lipinski definition) is 2. The summed E-state index contributed by atoms with van der Waals surface area (Å²) in [5, 5.41) is 15.5. The fourth-order valence-corrected chi connectivity index (χ4v) is 0.247. The molecule has 0 aliphatic rings. The highest BCUT2D eigenvalue weighted by molar-refractivity contribution is 5.80. The second-order valence-corrected chi connectivity index (χ2v) is 1.89. The van der Waals surface area contributed by atoms with Crippen LogP contribution in [0.3, 0.4) is 0 Å². The van der Waals surface area contributed by atoms with Gasteiger partial charge in [-0.05, 0) is 13.8 Å². The van der Waals surface area contributed by atoms with Gasteiger partial charge < -0.3 is 5.11 Å². The molecule has 0 aliphatic heterocycles. The van der Waals surface area contributed by atoms with Crippen LogP contribution < -0.4 is 0 Å². The van der Waals surface area contributed by atoms with E-state index in [2.05, 4.69) is 6.58 Å². The minimum atomic E-state index is -0.875. The number of nitriles is 1. The van der Waals surface area contributed by atoms with Gasteiger partial charge in [0, 0.05) is 12.2 Å². The summed E-state index contributed by atoms with van der Waals surface area (Å²) in [6, 6.07) is 1.69. The van der Waals surface area contributed by atoms with E-state index in [0.717, 1.165) is 5.57 Å². The van der Waals surface area contributed by atoms with Crippen LogP contribution >= 0.6 is 0 Å². The van der Waals surface area contributed by atoms with Crippen molar-refractivity contribution in [1.29, 1.82) is 5.26 Å². The number of carbonyl (C=O) groups is 1. The van der Waals surface area contributed by atoms with E-state index in [1.54, 1.807) is 19.9 Å². The van der Waals surface area contributed by atoms with Gasteiger partial charge in [0.15, 0.2) is 0 Å². The monoisotopic (exact) mass is 153 g/mol. The summed E-state index contributed by atoms with van der Waals surface area (Å²) >= 11 is 0. The van der Waals surface area contributed by atoms with Gasteiger partial charge in [0.1, 0.15) is 0 Å². The van der Waals surface area contributed by atoms with Crippen LogP contribution in [-0.2, 0) is 4.79 Å². The highest BCUT2D eigenvalue weighted by atomic mass is 16.4. The van der Waals surface area contributed by atoms with Crippen LogP contribution in [0.25, 0.3) is 0 Å². The van der Waals surface area contributed by atoms with E-state index in [-0.39, 0.29) is 0 Å². The predicted molar refractivity (Wildman–Crippen MR) is 42.9 cm³/mol. The van der Waals surface area contributed by atoms with E-state index in [0.29, 0.717) is 0 Å². The van der Waals surface area contributed by atoms with Gasteiger partial charge in [-0.25, -0.2) is 4.79 Å². The Labute approximate surface area is 66.3 Å². The third-order valence-electron chi connectivity index (χ3n) is 0.503. The molecule has 1 N–H and O–H groups in total. The van der Waals surface area contributed by atoms with Crippen molar-refractivity contribution in [2.45, 2.75) is 13.8 Å². The van der Waals surface area contributed by atoms with Crippen LogP contribution in [0.2, 0.25) is 0 Å². The third kappa shape index (κ3) is 29.6. The number of rotatable bonds is 1. The standard InChI is InChI=1S/C5H8O2.C3H3N/c1-4(2)3-5(6)7;1-2-3-4/h3H,1-2H3,(H,6,7);2H,1H2. The molecule has 3 heteroatoms.